The lowest BCUT2D eigenvalue weighted by Gasteiger charge is -2.25. The molecule has 0 spiro atoms. The van der Waals surface area contributed by atoms with Crippen LogP contribution < -0.4 is 4.90 Å². The van der Waals surface area contributed by atoms with Crippen molar-refractivity contribution in [2.24, 2.45) is 5.92 Å². The third kappa shape index (κ3) is 2.71. The second kappa shape index (κ2) is 5.57. The van der Waals surface area contributed by atoms with E-state index in [0.717, 1.165) is 12.2 Å². The molecule has 1 amide bonds. The summed E-state index contributed by atoms with van der Waals surface area (Å²) in [5.74, 6) is 1.09. The molecule has 1 N–H and O–H groups in total. The van der Waals surface area contributed by atoms with Crippen LogP contribution in [0, 0.1) is 5.92 Å². The van der Waals surface area contributed by atoms with Crippen molar-refractivity contribution < 1.29 is 9.90 Å². The first-order valence-corrected chi connectivity index (χ1v) is 6.59. The van der Waals surface area contributed by atoms with Crippen LogP contribution >= 0.6 is 0 Å². The first-order chi connectivity index (χ1) is 9.04. The lowest BCUT2D eigenvalue weighted by atomic mass is 10.0. The van der Waals surface area contributed by atoms with Crippen LogP contribution in [-0.2, 0) is 0 Å². The molecule has 2 atom stereocenters. The molecule has 2 heterocycles. The van der Waals surface area contributed by atoms with E-state index in [2.05, 4.69) is 11.9 Å². The number of aliphatic hydroxyl groups is 1. The second-order valence-electron chi connectivity index (χ2n) is 5.31. The molecule has 1 aliphatic rings. The van der Waals surface area contributed by atoms with Crippen LogP contribution in [0.5, 0.6) is 0 Å². The zero-order valence-electron chi connectivity index (χ0n) is 11.7. The summed E-state index contributed by atoms with van der Waals surface area (Å²) in [5, 5.41) is 9.43. The summed E-state index contributed by atoms with van der Waals surface area (Å²) in [6.07, 6.45) is 2.60. The Labute approximate surface area is 113 Å². The van der Waals surface area contributed by atoms with Crippen molar-refractivity contribution in [1.29, 1.82) is 0 Å². The average molecular weight is 263 g/mol. The Kier molecular flexibility index (Phi) is 4.04. The molecule has 1 saturated heterocycles. The highest BCUT2D eigenvalue weighted by Gasteiger charge is 2.34. The number of anilines is 1. The normalized spacial score (nSPS) is 22.6. The quantitative estimate of drug-likeness (QED) is 0.883. The molecule has 0 bridgehead atoms. The Balaban J connectivity index is 2.22. The summed E-state index contributed by atoms with van der Waals surface area (Å²) < 4.78 is 0. The number of carbonyl (C=O) groups excluding carboxylic acids is 1. The van der Waals surface area contributed by atoms with E-state index in [1.54, 1.807) is 23.2 Å². The number of hydrogen-bond donors (Lipinski definition) is 1. The highest BCUT2D eigenvalue weighted by atomic mass is 16.3. The molecular weight excluding hydrogens is 242 g/mol. The van der Waals surface area contributed by atoms with Crippen LogP contribution in [0.15, 0.2) is 18.3 Å². The van der Waals surface area contributed by atoms with E-state index in [-0.39, 0.29) is 18.6 Å². The van der Waals surface area contributed by atoms with E-state index < -0.39 is 0 Å². The van der Waals surface area contributed by atoms with Crippen molar-refractivity contribution in [2.45, 2.75) is 19.4 Å². The summed E-state index contributed by atoms with van der Waals surface area (Å²) in [4.78, 5) is 20.4. The molecule has 1 aromatic heterocycles. The van der Waals surface area contributed by atoms with Crippen LogP contribution in [0.4, 0.5) is 5.82 Å². The fourth-order valence-electron chi connectivity index (χ4n) is 2.50. The van der Waals surface area contributed by atoms with Crippen molar-refractivity contribution in [3.05, 3.63) is 23.9 Å². The molecule has 1 fully saturated rings. The number of nitrogens with zero attached hydrogens (tertiary/aromatic N) is 3. The minimum Gasteiger partial charge on any atom is -0.394 e. The van der Waals surface area contributed by atoms with Crippen molar-refractivity contribution in [3.8, 4) is 0 Å². The summed E-state index contributed by atoms with van der Waals surface area (Å²) in [6.45, 7) is 2.81. The van der Waals surface area contributed by atoms with Crippen molar-refractivity contribution in [3.63, 3.8) is 0 Å². The molecule has 1 aromatic rings. The van der Waals surface area contributed by atoms with E-state index in [1.807, 2.05) is 19.0 Å². The average Bonchev–Trinajstić information content (AvgIpc) is 2.79. The van der Waals surface area contributed by atoms with Crippen LogP contribution in [-0.4, -0.2) is 54.2 Å². The number of amides is 1. The van der Waals surface area contributed by atoms with Gasteiger partial charge in [0.15, 0.2) is 0 Å². The fraction of sp³-hybridized carbons (Fsp3) is 0.571. The number of likely N-dealkylation sites (tertiary alicyclic amines) is 1. The molecule has 5 nitrogen and oxygen atoms in total. The first kappa shape index (κ1) is 13.8. The van der Waals surface area contributed by atoms with Gasteiger partial charge in [0.05, 0.1) is 12.6 Å². The van der Waals surface area contributed by atoms with Gasteiger partial charge in [0.2, 0.25) is 0 Å². The highest BCUT2D eigenvalue weighted by molar-refractivity contribution is 5.95. The molecule has 0 saturated carbocycles. The maximum atomic E-state index is 12.5. The zero-order chi connectivity index (χ0) is 14.0. The predicted octanol–water partition coefficient (Wildman–Crippen LogP) is 0.990. The van der Waals surface area contributed by atoms with E-state index >= 15 is 0 Å². The Bertz CT molecular complexity index is 462. The van der Waals surface area contributed by atoms with Crippen molar-refractivity contribution >= 4 is 11.7 Å². The monoisotopic (exact) mass is 263 g/mol. The number of hydrogen-bond acceptors (Lipinski definition) is 4. The van der Waals surface area contributed by atoms with Gasteiger partial charge in [-0.3, -0.25) is 4.79 Å². The molecule has 0 radical (unpaired) electrons. The minimum atomic E-state index is -0.0662. The summed E-state index contributed by atoms with van der Waals surface area (Å²) in [7, 11) is 3.79. The minimum absolute atomic E-state index is 0.0195. The molecule has 0 aliphatic carbocycles. The standard InChI is InChI=1S/C14H21N3O2/c1-10-5-7-17(12(10)9-18)14(19)11-4-6-15-13(8-11)16(2)3/h4,6,8,10,12,18H,5,7,9H2,1-3H3. The van der Waals surface area contributed by atoms with Gasteiger partial charge in [-0.15, -0.1) is 0 Å². The number of carbonyl (C=O) groups is 1. The van der Waals surface area contributed by atoms with E-state index in [1.165, 1.54) is 0 Å². The van der Waals surface area contributed by atoms with Gasteiger partial charge < -0.3 is 14.9 Å². The molecule has 104 valence electrons. The Hall–Kier alpha value is -1.62. The molecule has 0 aromatic carbocycles. The summed E-state index contributed by atoms with van der Waals surface area (Å²) in [5.41, 5.74) is 0.631. The lowest BCUT2D eigenvalue weighted by Crippen LogP contribution is -2.39. The van der Waals surface area contributed by atoms with E-state index in [0.29, 0.717) is 18.0 Å². The Morgan fingerprint density at radius 1 is 1.58 bits per heavy atom. The van der Waals surface area contributed by atoms with E-state index in [4.69, 9.17) is 0 Å². The topological polar surface area (TPSA) is 56.7 Å². The Morgan fingerprint density at radius 3 is 2.95 bits per heavy atom. The lowest BCUT2D eigenvalue weighted by molar-refractivity contribution is 0.0648. The van der Waals surface area contributed by atoms with Gasteiger partial charge in [-0.25, -0.2) is 4.98 Å². The number of pyridine rings is 1. The summed E-state index contributed by atoms with van der Waals surface area (Å²) in [6, 6.07) is 3.45. The smallest absolute Gasteiger partial charge is 0.254 e. The summed E-state index contributed by atoms with van der Waals surface area (Å²) >= 11 is 0. The Morgan fingerprint density at radius 2 is 2.32 bits per heavy atom. The van der Waals surface area contributed by atoms with Crippen molar-refractivity contribution in [2.75, 3.05) is 32.1 Å². The molecule has 2 rings (SSSR count). The number of aliphatic hydroxyl groups excluding tert-OH is 1. The van der Waals surface area contributed by atoms with Gasteiger partial charge >= 0.3 is 0 Å². The van der Waals surface area contributed by atoms with Gasteiger partial charge in [-0.1, -0.05) is 6.92 Å². The molecule has 1 aliphatic heterocycles. The largest absolute Gasteiger partial charge is 0.394 e. The molecular formula is C14H21N3O2. The fourth-order valence-corrected chi connectivity index (χ4v) is 2.50. The van der Waals surface area contributed by atoms with Gasteiger partial charge in [0, 0.05) is 32.4 Å². The van der Waals surface area contributed by atoms with Crippen LogP contribution in [0.25, 0.3) is 0 Å². The molecule has 5 heteroatoms. The van der Waals surface area contributed by atoms with Crippen LogP contribution in [0.3, 0.4) is 0 Å². The SMILES string of the molecule is CC1CCN(C(=O)c2ccnc(N(C)C)c2)C1CO. The van der Waals surface area contributed by atoms with Crippen LogP contribution in [0.2, 0.25) is 0 Å². The van der Waals surface area contributed by atoms with Crippen LogP contribution in [0.1, 0.15) is 23.7 Å². The highest BCUT2D eigenvalue weighted by Crippen LogP contribution is 2.25. The first-order valence-electron chi connectivity index (χ1n) is 6.59. The van der Waals surface area contributed by atoms with Gasteiger partial charge in [0.1, 0.15) is 5.82 Å². The number of rotatable bonds is 3. The molecule has 19 heavy (non-hydrogen) atoms. The van der Waals surface area contributed by atoms with Crippen molar-refractivity contribution in [1.82, 2.24) is 9.88 Å². The number of aromatic nitrogens is 1. The zero-order valence-corrected chi connectivity index (χ0v) is 11.7. The van der Waals surface area contributed by atoms with Gasteiger partial charge in [0.25, 0.3) is 5.91 Å². The second-order valence-corrected chi connectivity index (χ2v) is 5.31. The van der Waals surface area contributed by atoms with Gasteiger partial charge in [-0.2, -0.15) is 0 Å². The van der Waals surface area contributed by atoms with Gasteiger partial charge in [-0.05, 0) is 24.5 Å². The maximum Gasteiger partial charge on any atom is 0.254 e. The third-order valence-electron chi connectivity index (χ3n) is 3.78. The molecule has 2 unspecified atom stereocenters. The third-order valence-corrected chi connectivity index (χ3v) is 3.78. The predicted molar refractivity (Wildman–Crippen MR) is 74.3 cm³/mol. The maximum absolute atomic E-state index is 12.5. The van der Waals surface area contributed by atoms with E-state index in [9.17, 15) is 9.90 Å².